The van der Waals surface area contributed by atoms with Crippen LogP contribution in [0, 0.1) is 0 Å². The second kappa shape index (κ2) is 10.0. The molecular formula is C13H17Cl3F2N2O2. The minimum Gasteiger partial charge on any atom is -0.492 e. The number of amides is 1. The van der Waals surface area contributed by atoms with E-state index < -0.39 is 24.9 Å². The fourth-order valence-electron chi connectivity index (χ4n) is 1.40. The molecule has 1 rings (SSSR count). The van der Waals surface area contributed by atoms with Gasteiger partial charge in [0.15, 0.2) is 0 Å². The second-order valence-corrected chi connectivity index (χ2v) is 5.21. The number of nitrogens with one attached hydrogen (secondary N) is 1. The summed E-state index contributed by atoms with van der Waals surface area (Å²) in [6.07, 6.45) is 0.449. The molecule has 0 heterocycles. The largest absolute Gasteiger partial charge is 0.492 e. The fraction of sp³-hybridized carbons (Fsp3) is 0.462. The first-order valence-electron chi connectivity index (χ1n) is 6.26. The lowest BCUT2D eigenvalue weighted by Gasteiger charge is -2.14. The summed E-state index contributed by atoms with van der Waals surface area (Å²) in [6.45, 7) is -1.32. The summed E-state index contributed by atoms with van der Waals surface area (Å²) in [7, 11) is 0. The Morgan fingerprint density at radius 1 is 1.36 bits per heavy atom. The number of hydrogen-bond donors (Lipinski definition) is 2. The molecule has 1 amide bonds. The molecule has 9 heteroatoms. The molecule has 0 unspecified atom stereocenters. The van der Waals surface area contributed by atoms with Crippen molar-refractivity contribution in [3.63, 3.8) is 0 Å². The summed E-state index contributed by atoms with van der Waals surface area (Å²) in [6, 6.07) is 4.79. The molecule has 1 aromatic carbocycles. The monoisotopic (exact) mass is 376 g/mol. The van der Waals surface area contributed by atoms with Crippen LogP contribution in [0.15, 0.2) is 18.2 Å². The molecule has 0 bridgehead atoms. The molecule has 0 atom stereocenters. The Morgan fingerprint density at radius 3 is 2.64 bits per heavy atom. The molecule has 0 saturated heterocycles. The molecule has 0 aromatic heterocycles. The zero-order chi connectivity index (χ0) is 15.9. The zero-order valence-corrected chi connectivity index (χ0v) is 13.9. The first kappa shape index (κ1) is 21.2. The Bertz CT molecular complexity index is 490. The van der Waals surface area contributed by atoms with E-state index >= 15 is 0 Å². The summed E-state index contributed by atoms with van der Waals surface area (Å²) >= 11 is 11.6. The molecule has 1 aromatic rings. The van der Waals surface area contributed by atoms with E-state index in [1.54, 1.807) is 18.2 Å². The van der Waals surface area contributed by atoms with Crippen LogP contribution in [0.1, 0.15) is 12.8 Å². The number of rotatable bonds is 8. The lowest BCUT2D eigenvalue weighted by molar-refractivity contribution is -0.123. The summed E-state index contributed by atoms with van der Waals surface area (Å²) in [5.41, 5.74) is 4.86. The normalized spacial score (nSPS) is 10.8. The molecule has 0 saturated carbocycles. The van der Waals surface area contributed by atoms with Crippen LogP contribution in [-0.2, 0) is 4.79 Å². The number of hydrogen-bond acceptors (Lipinski definition) is 3. The van der Waals surface area contributed by atoms with Crippen molar-refractivity contribution >= 4 is 41.5 Å². The van der Waals surface area contributed by atoms with Crippen molar-refractivity contribution in [3.8, 4) is 5.75 Å². The van der Waals surface area contributed by atoms with Gasteiger partial charge in [0, 0.05) is 11.4 Å². The van der Waals surface area contributed by atoms with Crippen LogP contribution in [0.4, 0.5) is 8.78 Å². The number of carbonyl (C=O) groups excluding carboxylic acids is 1. The second-order valence-electron chi connectivity index (χ2n) is 4.36. The van der Waals surface area contributed by atoms with Gasteiger partial charge in [0.05, 0.1) is 24.7 Å². The highest BCUT2D eigenvalue weighted by molar-refractivity contribution is 6.35. The Balaban J connectivity index is 0.00000441. The van der Waals surface area contributed by atoms with Crippen molar-refractivity contribution < 1.29 is 18.3 Å². The molecule has 126 valence electrons. The van der Waals surface area contributed by atoms with Gasteiger partial charge in [0.1, 0.15) is 5.75 Å². The first-order valence-corrected chi connectivity index (χ1v) is 7.02. The van der Waals surface area contributed by atoms with E-state index in [1.807, 2.05) is 0 Å². The number of ether oxygens (including phenoxy) is 1. The lowest BCUT2D eigenvalue weighted by Crippen LogP contribution is -2.41. The maximum absolute atomic E-state index is 12.8. The number of halogens is 5. The highest BCUT2D eigenvalue weighted by Gasteiger charge is 2.26. The number of alkyl halides is 2. The van der Waals surface area contributed by atoms with E-state index in [-0.39, 0.29) is 25.4 Å². The molecule has 4 nitrogen and oxygen atoms in total. The molecule has 0 fully saturated rings. The van der Waals surface area contributed by atoms with E-state index in [0.717, 1.165) is 0 Å². The minimum atomic E-state index is -3.08. The molecule has 0 radical (unpaired) electrons. The van der Waals surface area contributed by atoms with Gasteiger partial charge in [-0.1, -0.05) is 23.2 Å². The van der Waals surface area contributed by atoms with Crippen LogP contribution in [0.2, 0.25) is 10.0 Å². The third kappa shape index (κ3) is 7.98. The van der Waals surface area contributed by atoms with Crippen molar-refractivity contribution in [2.75, 3.05) is 19.7 Å². The maximum Gasteiger partial charge on any atom is 0.277 e. The highest BCUT2D eigenvalue weighted by atomic mass is 35.5. The van der Waals surface area contributed by atoms with Gasteiger partial charge in [-0.2, -0.15) is 0 Å². The molecule has 0 aliphatic heterocycles. The molecular weight excluding hydrogens is 361 g/mol. The number of carbonyl (C=O) groups is 1. The van der Waals surface area contributed by atoms with Gasteiger partial charge in [-0.25, -0.2) is 8.78 Å². The first-order chi connectivity index (χ1) is 9.84. The molecule has 0 spiro atoms. The minimum absolute atomic E-state index is 0. The van der Waals surface area contributed by atoms with Crippen LogP contribution in [0.5, 0.6) is 5.75 Å². The summed E-state index contributed by atoms with van der Waals surface area (Å²) in [4.78, 5) is 11.3. The predicted molar refractivity (Wildman–Crippen MR) is 85.5 cm³/mol. The fourth-order valence-corrected chi connectivity index (χ4v) is 1.86. The van der Waals surface area contributed by atoms with Gasteiger partial charge in [-0.15, -0.1) is 12.4 Å². The van der Waals surface area contributed by atoms with Crippen molar-refractivity contribution in [2.24, 2.45) is 5.73 Å². The molecule has 0 aliphatic carbocycles. The van der Waals surface area contributed by atoms with E-state index in [0.29, 0.717) is 22.2 Å². The molecule has 0 aliphatic rings. The van der Waals surface area contributed by atoms with Gasteiger partial charge >= 0.3 is 0 Å². The van der Waals surface area contributed by atoms with E-state index in [9.17, 15) is 13.6 Å². The topological polar surface area (TPSA) is 64.3 Å². The quantitative estimate of drug-likeness (QED) is 0.683. The zero-order valence-electron chi connectivity index (χ0n) is 11.6. The Hall–Kier alpha value is -0.820. The highest BCUT2D eigenvalue weighted by Crippen LogP contribution is 2.27. The molecule has 22 heavy (non-hydrogen) atoms. The third-order valence-corrected chi connectivity index (χ3v) is 3.07. The number of nitrogens with two attached hydrogens (primary N) is 1. The van der Waals surface area contributed by atoms with Crippen molar-refractivity contribution in [1.29, 1.82) is 0 Å². The van der Waals surface area contributed by atoms with E-state index in [1.165, 1.54) is 0 Å². The summed E-state index contributed by atoms with van der Waals surface area (Å²) in [5, 5.41) is 2.99. The van der Waals surface area contributed by atoms with Gasteiger partial charge in [0.25, 0.3) is 5.92 Å². The van der Waals surface area contributed by atoms with Gasteiger partial charge < -0.3 is 15.8 Å². The molecule has 3 N–H and O–H groups in total. The van der Waals surface area contributed by atoms with Gasteiger partial charge in [0.2, 0.25) is 5.91 Å². The predicted octanol–water partition coefficient (Wildman–Crippen LogP) is 3.28. The van der Waals surface area contributed by atoms with Crippen molar-refractivity contribution in [1.82, 2.24) is 5.32 Å². The van der Waals surface area contributed by atoms with Crippen molar-refractivity contribution in [3.05, 3.63) is 28.2 Å². The SMILES string of the molecule is Cl.NCC(F)(F)CNC(=O)CCCOc1ccc(Cl)cc1Cl. The maximum atomic E-state index is 12.8. The third-order valence-electron chi connectivity index (χ3n) is 2.54. The van der Waals surface area contributed by atoms with Crippen LogP contribution in [-0.4, -0.2) is 31.5 Å². The Kier molecular flexibility index (Phi) is 9.67. The average Bonchev–Trinajstić information content (AvgIpc) is 2.43. The smallest absolute Gasteiger partial charge is 0.277 e. The Morgan fingerprint density at radius 2 is 2.05 bits per heavy atom. The average molecular weight is 378 g/mol. The van der Waals surface area contributed by atoms with E-state index in [4.69, 9.17) is 33.7 Å². The summed E-state index contributed by atoms with van der Waals surface area (Å²) < 4.78 is 31.0. The van der Waals surface area contributed by atoms with Gasteiger partial charge in [-0.3, -0.25) is 4.79 Å². The number of benzene rings is 1. The van der Waals surface area contributed by atoms with Crippen LogP contribution in [0.25, 0.3) is 0 Å². The van der Waals surface area contributed by atoms with Crippen molar-refractivity contribution in [2.45, 2.75) is 18.8 Å². The van der Waals surface area contributed by atoms with Crippen LogP contribution < -0.4 is 15.8 Å². The van der Waals surface area contributed by atoms with Crippen LogP contribution >= 0.6 is 35.6 Å². The van der Waals surface area contributed by atoms with Crippen LogP contribution in [0.3, 0.4) is 0 Å². The summed E-state index contributed by atoms with van der Waals surface area (Å²) in [5.74, 6) is -3.10. The standard InChI is InChI=1S/C13H16Cl2F2N2O2.ClH/c14-9-3-4-11(10(15)6-9)21-5-1-2-12(20)19-8-13(16,17)7-18;/h3-4,6H,1-2,5,7-8,18H2,(H,19,20);1H. The van der Waals surface area contributed by atoms with E-state index in [2.05, 4.69) is 5.32 Å². The lowest BCUT2D eigenvalue weighted by atomic mass is 10.3. The van der Waals surface area contributed by atoms with Gasteiger partial charge in [-0.05, 0) is 24.6 Å². The Labute approximate surface area is 143 Å².